The molecular formula is C15H29NO. The average Bonchev–Trinajstić information content (AvgIpc) is 2.36. The number of Topliss-reactive ketones (excluding diaryl/α,β-unsaturated/α-hetero) is 1. The van der Waals surface area contributed by atoms with Crippen LogP contribution >= 0.6 is 0 Å². The van der Waals surface area contributed by atoms with Crippen LogP contribution in [0.1, 0.15) is 40.2 Å². The van der Waals surface area contributed by atoms with Crippen LogP contribution in [0, 0.1) is 6.92 Å². The SMILES string of the molecule is CC.CC.CNCC(C)=O.Cc1ccccc1. The fraction of sp³-hybridized carbons (Fsp3) is 0.533. The van der Waals surface area contributed by atoms with E-state index in [1.54, 1.807) is 14.0 Å². The molecule has 0 aliphatic rings. The van der Waals surface area contributed by atoms with Gasteiger partial charge in [0.2, 0.25) is 0 Å². The molecule has 0 aliphatic carbocycles. The summed E-state index contributed by atoms with van der Waals surface area (Å²) in [7, 11) is 1.75. The molecule has 0 saturated heterocycles. The van der Waals surface area contributed by atoms with Crippen LogP contribution in [0.15, 0.2) is 30.3 Å². The number of carbonyl (C=O) groups excluding carboxylic acids is 1. The minimum absolute atomic E-state index is 0.178. The molecule has 0 unspecified atom stereocenters. The fourth-order valence-electron chi connectivity index (χ4n) is 0.783. The molecule has 100 valence electrons. The van der Waals surface area contributed by atoms with E-state index in [1.165, 1.54) is 5.56 Å². The standard InChI is InChI=1S/C7H8.C4H9NO.2C2H6/c1-7-5-3-2-4-6-7;1-4(6)3-5-2;2*1-2/h2-6H,1H3;5H,3H2,1-2H3;2*1-2H3. The number of nitrogens with one attached hydrogen (secondary N) is 1. The first kappa shape index (κ1) is 21.2. The van der Waals surface area contributed by atoms with E-state index in [1.807, 2.05) is 45.9 Å². The Morgan fingerprint density at radius 3 is 1.59 bits per heavy atom. The lowest BCUT2D eigenvalue weighted by Gasteiger charge is -1.85. The summed E-state index contributed by atoms with van der Waals surface area (Å²) in [5.74, 6) is 0.178. The summed E-state index contributed by atoms with van der Waals surface area (Å²) in [6.07, 6.45) is 0. The molecule has 0 aromatic heterocycles. The van der Waals surface area contributed by atoms with E-state index in [0.29, 0.717) is 6.54 Å². The molecule has 0 atom stereocenters. The quantitative estimate of drug-likeness (QED) is 0.849. The van der Waals surface area contributed by atoms with Gasteiger partial charge in [0.15, 0.2) is 0 Å². The van der Waals surface area contributed by atoms with Crippen molar-refractivity contribution in [3.8, 4) is 0 Å². The Morgan fingerprint density at radius 2 is 1.47 bits per heavy atom. The third kappa shape index (κ3) is 25.3. The summed E-state index contributed by atoms with van der Waals surface area (Å²) < 4.78 is 0. The van der Waals surface area contributed by atoms with Gasteiger partial charge in [-0.2, -0.15) is 0 Å². The van der Waals surface area contributed by atoms with Crippen molar-refractivity contribution in [2.45, 2.75) is 41.5 Å². The fourth-order valence-corrected chi connectivity index (χ4v) is 0.783. The maximum Gasteiger partial charge on any atom is 0.143 e. The van der Waals surface area contributed by atoms with E-state index in [4.69, 9.17) is 0 Å². The van der Waals surface area contributed by atoms with Crippen LogP contribution in [0.2, 0.25) is 0 Å². The van der Waals surface area contributed by atoms with Crippen LogP contribution in [0.3, 0.4) is 0 Å². The van der Waals surface area contributed by atoms with Crippen LogP contribution in [-0.2, 0) is 4.79 Å². The molecule has 1 aromatic rings. The van der Waals surface area contributed by atoms with Gasteiger partial charge in [0.25, 0.3) is 0 Å². The summed E-state index contributed by atoms with van der Waals surface area (Å²) in [6, 6.07) is 10.3. The maximum absolute atomic E-state index is 9.98. The molecule has 0 bridgehead atoms. The molecule has 1 rings (SSSR count). The smallest absolute Gasteiger partial charge is 0.143 e. The van der Waals surface area contributed by atoms with Crippen molar-refractivity contribution < 1.29 is 4.79 Å². The zero-order valence-electron chi connectivity index (χ0n) is 12.5. The number of aryl methyl sites for hydroxylation is 1. The topological polar surface area (TPSA) is 29.1 Å². The molecular weight excluding hydrogens is 210 g/mol. The van der Waals surface area contributed by atoms with Crippen molar-refractivity contribution in [2.75, 3.05) is 13.6 Å². The largest absolute Gasteiger partial charge is 0.313 e. The predicted octanol–water partition coefficient (Wildman–Crippen LogP) is 3.84. The highest BCUT2D eigenvalue weighted by molar-refractivity contribution is 5.77. The molecule has 0 saturated carbocycles. The number of ketones is 1. The van der Waals surface area contributed by atoms with Gasteiger partial charge in [0, 0.05) is 0 Å². The van der Waals surface area contributed by atoms with Gasteiger partial charge in [0.1, 0.15) is 5.78 Å². The van der Waals surface area contributed by atoms with Crippen LogP contribution in [0.5, 0.6) is 0 Å². The molecule has 1 N–H and O–H groups in total. The molecule has 17 heavy (non-hydrogen) atoms. The number of hydrogen-bond donors (Lipinski definition) is 1. The first-order valence-corrected chi connectivity index (χ1v) is 6.32. The van der Waals surface area contributed by atoms with E-state index in [2.05, 4.69) is 24.4 Å². The Hall–Kier alpha value is -1.15. The first-order valence-electron chi connectivity index (χ1n) is 6.32. The number of carbonyl (C=O) groups is 1. The average molecular weight is 239 g/mol. The number of hydrogen-bond acceptors (Lipinski definition) is 2. The van der Waals surface area contributed by atoms with Gasteiger partial charge in [-0.25, -0.2) is 0 Å². The minimum atomic E-state index is 0.178. The lowest BCUT2D eigenvalue weighted by Crippen LogP contribution is -2.14. The summed E-state index contributed by atoms with van der Waals surface area (Å²) in [5, 5.41) is 2.72. The van der Waals surface area contributed by atoms with Gasteiger partial charge in [-0.15, -0.1) is 0 Å². The maximum atomic E-state index is 9.98. The minimum Gasteiger partial charge on any atom is -0.313 e. The molecule has 0 heterocycles. The van der Waals surface area contributed by atoms with E-state index in [9.17, 15) is 4.79 Å². The summed E-state index contributed by atoms with van der Waals surface area (Å²) in [6.45, 7) is 12.1. The van der Waals surface area contributed by atoms with Crippen molar-refractivity contribution in [2.24, 2.45) is 0 Å². The second-order valence-corrected chi connectivity index (χ2v) is 2.89. The second kappa shape index (κ2) is 20.3. The Bertz CT molecular complexity index is 232. The molecule has 1 aromatic carbocycles. The van der Waals surface area contributed by atoms with Crippen LogP contribution in [-0.4, -0.2) is 19.4 Å². The third-order valence-electron chi connectivity index (χ3n) is 1.37. The second-order valence-electron chi connectivity index (χ2n) is 2.89. The van der Waals surface area contributed by atoms with Crippen molar-refractivity contribution in [1.82, 2.24) is 5.32 Å². The summed E-state index contributed by atoms with van der Waals surface area (Å²) in [5.41, 5.74) is 1.32. The zero-order chi connectivity index (χ0) is 14.1. The molecule has 0 fully saturated rings. The molecule has 2 nitrogen and oxygen atoms in total. The summed E-state index contributed by atoms with van der Waals surface area (Å²) in [4.78, 5) is 9.98. The monoisotopic (exact) mass is 239 g/mol. The van der Waals surface area contributed by atoms with Gasteiger partial charge >= 0.3 is 0 Å². The van der Waals surface area contributed by atoms with E-state index >= 15 is 0 Å². The Balaban J connectivity index is -0.000000180. The van der Waals surface area contributed by atoms with Gasteiger partial charge in [-0.05, 0) is 20.9 Å². The molecule has 0 aliphatic heterocycles. The molecule has 0 radical (unpaired) electrons. The first-order chi connectivity index (χ1) is 8.16. The number of likely N-dealkylation sites (N-methyl/N-ethyl adjacent to an activating group) is 1. The van der Waals surface area contributed by atoms with Crippen LogP contribution < -0.4 is 5.32 Å². The van der Waals surface area contributed by atoms with Gasteiger partial charge in [0.05, 0.1) is 6.54 Å². The van der Waals surface area contributed by atoms with Gasteiger partial charge in [-0.1, -0.05) is 63.6 Å². The highest BCUT2D eigenvalue weighted by Crippen LogP contribution is 1.92. The molecule has 0 spiro atoms. The Morgan fingerprint density at radius 1 is 1.06 bits per heavy atom. The van der Waals surface area contributed by atoms with E-state index < -0.39 is 0 Å². The molecule has 0 amide bonds. The van der Waals surface area contributed by atoms with E-state index in [-0.39, 0.29) is 5.78 Å². The number of rotatable bonds is 2. The Labute approximate surface area is 107 Å². The molecule has 2 heteroatoms. The highest BCUT2D eigenvalue weighted by Gasteiger charge is 1.82. The lowest BCUT2D eigenvalue weighted by atomic mass is 10.2. The van der Waals surface area contributed by atoms with Crippen molar-refractivity contribution in [3.05, 3.63) is 35.9 Å². The highest BCUT2D eigenvalue weighted by atomic mass is 16.1. The van der Waals surface area contributed by atoms with Crippen molar-refractivity contribution >= 4 is 5.78 Å². The third-order valence-corrected chi connectivity index (χ3v) is 1.37. The Kier molecular flexibility index (Phi) is 25.3. The van der Waals surface area contributed by atoms with Crippen molar-refractivity contribution in [1.29, 1.82) is 0 Å². The van der Waals surface area contributed by atoms with E-state index in [0.717, 1.165) is 0 Å². The zero-order valence-corrected chi connectivity index (χ0v) is 12.5. The summed E-state index contributed by atoms with van der Waals surface area (Å²) >= 11 is 0. The van der Waals surface area contributed by atoms with Gasteiger partial charge < -0.3 is 5.32 Å². The predicted molar refractivity (Wildman–Crippen MR) is 78.5 cm³/mol. The van der Waals surface area contributed by atoms with Gasteiger partial charge in [-0.3, -0.25) is 4.79 Å². The van der Waals surface area contributed by atoms with Crippen LogP contribution in [0.4, 0.5) is 0 Å². The normalized spacial score (nSPS) is 7.24. The van der Waals surface area contributed by atoms with Crippen molar-refractivity contribution in [3.63, 3.8) is 0 Å². The van der Waals surface area contributed by atoms with Crippen LogP contribution in [0.25, 0.3) is 0 Å². The lowest BCUT2D eigenvalue weighted by molar-refractivity contribution is -0.116. The number of benzene rings is 1.